The lowest BCUT2D eigenvalue weighted by molar-refractivity contribution is -0.172. The Balaban J connectivity index is 1.61. The summed E-state index contributed by atoms with van der Waals surface area (Å²) >= 11 is 0. The molecule has 3 N–H and O–H groups in total. The summed E-state index contributed by atoms with van der Waals surface area (Å²) in [4.78, 5) is 44.7. The number of carbonyl (C=O) groups excluding carboxylic acids is 2. The van der Waals surface area contributed by atoms with E-state index in [0.717, 1.165) is 16.5 Å². The number of carbonyl (C=O) groups is 2. The van der Waals surface area contributed by atoms with Crippen LogP contribution >= 0.6 is 0 Å². The monoisotopic (exact) mass is 492 g/mol. The molecule has 0 aliphatic carbocycles. The van der Waals surface area contributed by atoms with Gasteiger partial charge in [0, 0.05) is 36.2 Å². The average molecular weight is 492 g/mol. The summed E-state index contributed by atoms with van der Waals surface area (Å²) in [7, 11) is 1.66. The fourth-order valence-corrected chi connectivity index (χ4v) is 5.21. The molecule has 6 rings (SSSR count). The normalized spacial score (nSPS) is 19.1. The van der Waals surface area contributed by atoms with Gasteiger partial charge >= 0.3 is 5.97 Å². The van der Waals surface area contributed by atoms with Crippen molar-refractivity contribution in [2.75, 3.05) is 20.4 Å². The van der Waals surface area contributed by atoms with E-state index >= 15 is 0 Å². The number of cyclic esters (lactones) is 1. The zero-order valence-corrected chi connectivity index (χ0v) is 19.8. The number of aliphatic hydroxyl groups is 1. The van der Waals surface area contributed by atoms with Gasteiger partial charge in [0.1, 0.15) is 6.61 Å². The molecule has 5 heterocycles. The molecule has 2 aromatic heterocycles. The Bertz CT molecular complexity index is 1550. The van der Waals surface area contributed by atoms with Crippen LogP contribution in [-0.4, -0.2) is 51.8 Å². The standard InChI is InChI=1S/C25H24N4O7/c1-3-25(33)16-5-18-22-14(9-29(18)23(31)15(16)10-34-24(25)32)13(8-28(2)21(30)7-26)12-4-19-20(36-11-35-19)6-17(12)27-22/h4-6,33H,3,7-11,26H2,1-2H3/t25-/m0/s1. The van der Waals surface area contributed by atoms with E-state index in [1.54, 1.807) is 30.7 Å². The molecule has 0 bridgehead atoms. The van der Waals surface area contributed by atoms with Crippen molar-refractivity contribution in [2.24, 2.45) is 5.73 Å². The molecule has 3 aliphatic heterocycles. The second-order valence-electron chi connectivity index (χ2n) is 9.20. The van der Waals surface area contributed by atoms with Gasteiger partial charge < -0.3 is 34.5 Å². The zero-order chi connectivity index (χ0) is 25.4. The van der Waals surface area contributed by atoms with E-state index in [0.29, 0.717) is 28.4 Å². The third-order valence-electron chi connectivity index (χ3n) is 7.30. The number of aromatic nitrogens is 2. The van der Waals surface area contributed by atoms with E-state index in [1.165, 1.54) is 4.90 Å². The van der Waals surface area contributed by atoms with Crippen LogP contribution in [0.4, 0.5) is 0 Å². The molecule has 1 aromatic carbocycles. The summed E-state index contributed by atoms with van der Waals surface area (Å²) in [5, 5.41) is 11.9. The molecule has 0 saturated carbocycles. The number of nitrogens with zero attached hydrogens (tertiary/aromatic N) is 3. The van der Waals surface area contributed by atoms with E-state index in [-0.39, 0.29) is 62.0 Å². The maximum absolute atomic E-state index is 13.5. The number of fused-ring (bicyclic) bond motifs is 6. The molecule has 0 spiro atoms. The lowest BCUT2D eigenvalue weighted by atomic mass is 9.86. The van der Waals surface area contributed by atoms with Crippen molar-refractivity contribution >= 4 is 22.8 Å². The maximum Gasteiger partial charge on any atom is 0.343 e. The SMILES string of the molecule is CC[C@@]1(O)C(=O)OCc2c1cc1n(c2=O)Cc2c-1nc1cc3c(cc1c2CN(C)C(=O)CN)OCO3. The van der Waals surface area contributed by atoms with Gasteiger partial charge in [0.15, 0.2) is 17.1 Å². The van der Waals surface area contributed by atoms with Crippen LogP contribution in [0.1, 0.15) is 35.6 Å². The van der Waals surface area contributed by atoms with Gasteiger partial charge in [0.05, 0.1) is 35.6 Å². The summed E-state index contributed by atoms with van der Waals surface area (Å²) in [6, 6.07) is 5.27. The molecule has 0 radical (unpaired) electrons. The molecule has 1 atom stereocenters. The molecule has 1 amide bonds. The number of esters is 1. The molecular weight excluding hydrogens is 468 g/mol. The highest BCUT2D eigenvalue weighted by atomic mass is 16.7. The molecule has 11 heteroatoms. The van der Waals surface area contributed by atoms with Gasteiger partial charge in [-0.3, -0.25) is 9.59 Å². The lowest BCUT2D eigenvalue weighted by Crippen LogP contribution is -2.44. The number of rotatable bonds is 4. The Morgan fingerprint density at radius 3 is 2.67 bits per heavy atom. The van der Waals surface area contributed by atoms with Crippen molar-refractivity contribution in [3.05, 3.63) is 50.8 Å². The Hall–Kier alpha value is -3.96. The van der Waals surface area contributed by atoms with Gasteiger partial charge in [-0.1, -0.05) is 6.92 Å². The minimum Gasteiger partial charge on any atom is -0.458 e. The molecule has 3 aromatic rings. The van der Waals surface area contributed by atoms with Crippen LogP contribution in [0.5, 0.6) is 11.5 Å². The first-order chi connectivity index (χ1) is 17.3. The summed E-state index contributed by atoms with van der Waals surface area (Å²) in [5.74, 6) is 0.115. The first-order valence-electron chi connectivity index (χ1n) is 11.6. The van der Waals surface area contributed by atoms with Gasteiger partial charge in [-0.05, 0) is 24.1 Å². The predicted octanol–water partition coefficient (Wildman–Crippen LogP) is 0.725. The Morgan fingerprint density at radius 2 is 1.94 bits per heavy atom. The number of amides is 1. The van der Waals surface area contributed by atoms with Crippen molar-refractivity contribution in [1.82, 2.24) is 14.5 Å². The molecule has 0 unspecified atom stereocenters. The third-order valence-corrected chi connectivity index (χ3v) is 7.30. The number of pyridine rings is 2. The van der Waals surface area contributed by atoms with Crippen molar-refractivity contribution < 1.29 is 28.9 Å². The molecule has 0 fully saturated rings. The van der Waals surface area contributed by atoms with Crippen LogP contribution in [0, 0.1) is 0 Å². The summed E-state index contributed by atoms with van der Waals surface area (Å²) in [6.45, 7) is 1.87. The Labute approximate surface area is 205 Å². The number of ether oxygens (including phenoxy) is 3. The third kappa shape index (κ3) is 2.99. The first kappa shape index (κ1) is 22.5. The van der Waals surface area contributed by atoms with Crippen molar-refractivity contribution in [2.45, 2.75) is 38.6 Å². The quantitative estimate of drug-likeness (QED) is 0.394. The van der Waals surface area contributed by atoms with Crippen LogP contribution in [0.15, 0.2) is 23.0 Å². The topological polar surface area (TPSA) is 146 Å². The average Bonchev–Trinajstić information content (AvgIpc) is 3.49. The second kappa shape index (κ2) is 7.77. The van der Waals surface area contributed by atoms with E-state index in [2.05, 4.69) is 0 Å². The second-order valence-corrected chi connectivity index (χ2v) is 9.20. The Kier molecular flexibility index (Phi) is 4.86. The van der Waals surface area contributed by atoms with Gasteiger partial charge in [-0.15, -0.1) is 0 Å². The van der Waals surface area contributed by atoms with E-state index < -0.39 is 11.6 Å². The molecule has 3 aliphatic rings. The zero-order valence-electron chi connectivity index (χ0n) is 19.8. The van der Waals surface area contributed by atoms with Crippen LogP contribution in [0.2, 0.25) is 0 Å². The van der Waals surface area contributed by atoms with E-state index in [4.69, 9.17) is 24.9 Å². The maximum atomic E-state index is 13.5. The number of benzene rings is 1. The van der Waals surface area contributed by atoms with Gasteiger partial charge in [0.25, 0.3) is 5.56 Å². The smallest absolute Gasteiger partial charge is 0.343 e. The molecule has 11 nitrogen and oxygen atoms in total. The number of hydrogen-bond acceptors (Lipinski definition) is 9. The summed E-state index contributed by atoms with van der Waals surface area (Å²) in [6.07, 6.45) is 0.0560. The molecule has 0 saturated heterocycles. The molecule has 36 heavy (non-hydrogen) atoms. The van der Waals surface area contributed by atoms with E-state index in [1.807, 2.05) is 6.07 Å². The fourth-order valence-electron chi connectivity index (χ4n) is 5.21. The largest absolute Gasteiger partial charge is 0.458 e. The number of likely N-dealkylation sites (N-methyl/N-ethyl adjacent to an activating group) is 1. The van der Waals surface area contributed by atoms with Crippen molar-refractivity contribution in [3.63, 3.8) is 0 Å². The highest BCUT2D eigenvalue weighted by Gasteiger charge is 2.45. The fraction of sp³-hybridized carbons (Fsp3) is 0.360. The van der Waals surface area contributed by atoms with Crippen molar-refractivity contribution in [3.8, 4) is 22.9 Å². The minimum absolute atomic E-state index is 0.0560. The van der Waals surface area contributed by atoms with Crippen molar-refractivity contribution in [1.29, 1.82) is 0 Å². The highest BCUT2D eigenvalue weighted by Crippen LogP contribution is 2.43. The van der Waals surface area contributed by atoms with Gasteiger partial charge in [-0.25, -0.2) is 9.78 Å². The lowest BCUT2D eigenvalue weighted by Gasteiger charge is -2.31. The first-order valence-corrected chi connectivity index (χ1v) is 11.6. The summed E-state index contributed by atoms with van der Waals surface area (Å²) < 4.78 is 17.8. The summed E-state index contributed by atoms with van der Waals surface area (Å²) in [5.41, 5.74) is 7.02. The highest BCUT2D eigenvalue weighted by molar-refractivity contribution is 5.91. The molecular formula is C25H24N4O7. The van der Waals surface area contributed by atoms with Crippen LogP contribution in [0.3, 0.4) is 0 Å². The van der Waals surface area contributed by atoms with Gasteiger partial charge in [0.2, 0.25) is 12.7 Å². The van der Waals surface area contributed by atoms with Crippen LogP contribution in [-0.2, 0) is 39.6 Å². The van der Waals surface area contributed by atoms with Gasteiger partial charge in [-0.2, -0.15) is 0 Å². The van der Waals surface area contributed by atoms with E-state index in [9.17, 15) is 19.5 Å². The predicted molar refractivity (Wildman–Crippen MR) is 126 cm³/mol. The van der Waals surface area contributed by atoms with Crippen LogP contribution in [0.25, 0.3) is 22.3 Å². The number of nitrogens with two attached hydrogens (primary N) is 1. The minimum atomic E-state index is -1.91. The number of hydrogen-bond donors (Lipinski definition) is 2. The van der Waals surface area contributed by atoms with Crippen LogP contribution < -0.4 is 20.8 Å². The molecule has 186 valence electrons. The Morgan fingerprint density at radius 1 is 1.19 bits per heavy atom.